The third-order valence-corrected chi connectivity index (χ3v) is 6.06. The predicted octanol–water partition coefficient (Wildman–Crippen LogP) is 6.44. The van der Waals surface area contributed by atoms with Crippen LogP contribution < -0.4 is 10.1 Å². The maximum absolute atomic E-state index is 14.4. The molecular weight excluding hydrogens is 460 g/mol. The molecular formula is C29H29F2N3O2. The molecule has 1 heterocycles. The van der Waals surface area contributed by atoms with E-state index < -0.39 is 5.82 Å². The van der Waals surface area contributed by atoms with Crippen molar-refractivity contribution >= 4 is 22.5 Å². The van der Waals surface area contributed by atoms with Gasteiger partial charge in [-0.25, -0.2) is 8.78 Å². The van der Waals surface area contributed by atoms with Gasteiger partial charge in [0.05, 0.1) is 23.9 Å². The highest BCUT2D eigenvalue weighted by Crippen LogP contribution is 2.28. The molecule has 1 atom stereocenters. The maximum atomic E-state index is 14.4. The summed E-state index contributed by atoms with van der Waals surface area (Å²) in [5.74, 6) is -0.545. The number of nitrogens with zero attached hydrogens (tertiary/aromatic N) is 2. The van der Waals surface area contributed by atoms with Crippen LogP contribution in [0.2, 0.25) is 0 Å². The minimum Gasteiger partial charge on any atom is -0.497 e. The Kier molecular flexibility index (Phi) is 8.10. The fraction of sp³-hybridized carbons (Fsp3) is 0.241. The van der Waals surface area contributed by atoms with E-state index in [-0.39, 0.29) is 29.9 Å². The molecule has 0 aliphatic heterocycles. The molecule has 0 aliphatic carbocycles. The average Bonchev–Trinajstić information content (AvgIpc) is 2.89. The molecule has 1 N–H and O–H groups in total. The van der Waals surface area contributed by atoms with Gasteiger partial charge >= 0.3 is 0 Å². The largest absolute Gasteiger partial charge is 0.497 e. The first-order chi connectivity index (χ1) is 17.4. The van der Waals surface area contributed by atoms with Crippen molar-refractivity contribution < 1.29 is 18.3 Å². The lowest BCUT2D eigenvalue weighted by Crippen LogP contribution is -2.33. The zero-order valence-electron chi connectivity index (χ0n) is 20.4. The number of hydrogen-bond acceptors (Lipinski definition) is 4. The van der Waals surface area contributed by atoms with E-state index in [0.717, 1.165) is 34.3 Å². The van der Waals surface area contributed by atoms with Gasteiger partial charge in [-0.15, -0.1) is 0 Å². The summed E-state index contributed by atoms with van der Waals surface area (Å²) < 4.78 is 33.2. The molecule has 1 aromatic heterocycles. The second kappa shape index (κ2) is 11.6. The van der Waals surface area contributed by atoms with Crippen LogP contribution in [0.3, 0.4) is 0 Å². The standard InChI is InChI=1S/C29H29F2N3O2/c1-20(33-27-18-24(36-2)17-22-8-5-15-32-28(22)27)7-6-16-34(19-21-11-13-23(30)14-12-21)29(35)25-9-3-4-10-26(25)31/h3-5,8-15,17-18,20,33H,6-7,16,19H2,1-2H3. The van der Waals surface area contributed by atoms with Crippen molar-refractivity contribution in [2.75, 3.05) is 19.0 Å². The van der Waals surface area contributed by atoms with Gasteiger partial charge in [-0.3, -0.25) is 9.78 Å². The molecule has 0 fully saturated rings. The summed E-state index contributed by atoms with van der Waals surface area (Å²) in [4.78, 5) is 19.3. The summed E-state index contributed by atoms with van der Waals surface area (Å²) in [5.41, 5.74) is 2.54. The smallest absolute Gasteiger partial charge is 0.257 e. The molecule has 0 spiro atoms. The Morgan fingerprint density at radius 2 is 1.83 bits per heavy atom. The van der Waals surface area contributed by atoms with Crippen LogP contribution in [-0.4, -0.2) is 35.5 Å². The van der Waals surface area contributed by atoms with Crippen LogP contribution >= 0.6 is 0 Å². The monoisotopic (exact) mass is 489 g/mol. The lowest BCUT2D eigenvalue weighted by molar-refractivity contribution is 0.0735. The molecule has 36 heavy (non-hydrogen) atoms. The molecule has 186 valence electrons. The van der Waals surface area contributed by atoms with Crippen LogP contribution in [0.4, 0.5) is 14.5 Å². The molecule has 7 heteroatoms. The van der Waals surface area contributed by atoms with Crippen molar-refractivity contribution in [2.24, 2.45) is 0 Å². The van der Waals surface area contributed by atoms with Crippen LogP contribution in [-0.2, 0) is 6.54 Å². The van der Waals surface area contributed by atoms with Gasteiger partial charge in [-0.1, -0.05) is 30.3 Å². The highest BCUT2D eigenvalue weighted by Gasteiger charge is 2.20. The van der Waals surface area contributed by atoms with Crippen molar-refractivity contribution in [3.63, 3.8) is 0 Å². The van der Waals surface area contributed by atoms with Crippen LogP contribution in [0, 0.1) is 11.6 Å². The number of benzene rings is 3. The van der Waals surface area contributed by atoms with Crippen molar-refractivity contribution in [1.29, 1.82) is 0 Å². The lowest BCUT2D eigenvalue weighted by atomic mass is 10.1. The number of ether oxygens (including phenoxy) is 1. The molecule has 0 radical (unpaired) electrons. The number of hydrogen-bond donors (Lipinski definition) is 1. The van der Waals surface area contributed by atoms with Crippen molar-refractivity contribution in [3.8, 4) is 5.75 Å². The Morgan fingerprint density at radius 3 is 2.58 bits per heavy atom. The van der Waals surface area contributed by atoms with Gasteiger partial charge in [0.15, 0.2) is 0 Å². The molecule has 3 aromatic carbocycles. The van der Waals surface area contributed by atoms with E-state index in [1.54, 1.807) is 42.5 Å². The number of fused-ring (bicyclic) bond motifs is 1. The van der Waals surface area contributed by atoms with Crippen molar-refractivity contribution in [2.45, 2.75) is 32.4 Å². The molecule has 4 rings (SSSR count). The Bertz CT molecular complexity index is 1330. The van der Waals surface area contributed by atoms with Gasteiger partial charge in [0, 0.05) is 36.8 Å². The maximum Gasteiger partial charge on any atom is 0.257 e. The van der Waals surface area contributed by atoms with Gasteiger partial charge in [0.25, 0.3) is 5.91 Å². The Balaban J connectivity index is 1.45. The molecule has 1 amide bonds. The van der Waals surface area contributed by atoms with Crippen LogP contribution in [0.15, 0.2) is 79.0 Å². The highest BCUT2D eigenvalue weighted by atomic mass is 19.1. The third kappa shape index (κ3) is 6.16. The van der Waals surface area contributed by atoms with Gasteiger partial charge in [0.2, 0.25) is 0 Å². The predicted molar refractivity (Wildman–Crippen MR) is 138 cm³/mol. The molecule has 4 aromatic rings. The molecule has 0 saturated carbocycles. The lowest BCUT2D eigenvalue weighted by Gasteiger charge is -2.24. The number of carbonyl (C=O) groups is 1. The number of methoxy groups -OCH3 is 1. The van der Waals surface area contributed by atoms with Gasteiger partial charge in [-0.2, -0.15) is 0 Å². The van der Waals surface area contributed by atoms with Crippen LogP contribution in [0.25, 0.3) is 10.9 Å². The summed E-state index contributed by atoms with van der Waals surface area (Å²) in [6.45, 7) is 2.75. The minimum absolute atomic E-state index is 0.0275. The van der Waals surface area contributed by atoms with Crippen molar-refractivity contribution in [1.82, 2.24) is 9.88 Å². The second-order valence-corrected chi connectivity index (χ2v) is 8.77. The first-order valence-electron chi connectivity index (χ1n) is 11.9. The summed E-state index contributed by atoms with van der Waals surface area (Å²) >= 11 is 0. The van der Waals surface area contributed by atoms with E-state index >= 15 is 0 Å². The van der Waals surface area contributed by atoms with E-state index in [1.807, 2.05) is 24.3 Å². The molecule has 0 bridgehead atoms. The number of rotatable bonds is 10. The summed E-state index contributed by atoms with van der Waals surface area (Å²) in [6.07, 6.45) is 3.20. The van der Waals surface area contributed by atoms with Gasteiger partial charge in [-0.05, 0) is 61.7 Å². The van der Waals surface area contributed by atoms with Crippen LogP contribution in [0.1, 0.15) is 35.7 Å². The summed E-state index contributed by atoms with van der Waals surface area (Å²) in [6, 6.07) is 19.8. The SMILES string of the molecule is COc1cc(NC(C)CCCN(Cc2ccc(F)cc2)C(=O)c2ccccc2F)c2ncccc2c1. The first-order valence-corrected chi connectivity index (χ1v) is 11.9. The van der Waals surface area contributed by atoms with E-state index in [2.05, 4.69) is 17.2 Å². The van der Waals surface area contributed by atoms with E-state index in [1.165, 1.54) is 24.3 Å². The average molecular weight is 490 g/mol. The van der Waals surface area contributed by atoms with Crippen molar-refractivity contribution in [3.05, 3.63) is 102 Å². The minimum atomic E-state index is -0.556. The normalized spacial score (nSPS) is 11.8. The Hall–Kier alpha value is -4.00. The van der Waals surface area contributed by atoms with E-state index in [9.17, 15) is 13.6 Å². The third-order valence-electron chi connectivity index (χ3n) is 6.06. The number of carbonyl (C=O) groups excluding carboxylic acids is 1. The molecule has 0 saturated heterocycles. The number of aromatic nitrogens is 1. The highest BCUT2D eigenvalue weighted by molar-refractivity contribution is 5.94. The number of nitrogens with one attached hydrogen (secondary N) is 1. The fourth-order valence-electron chi connectivity index (χ4n) is 4.19. The number of amides is 1. The molecule has 0 aliphatic rings. The zero-order valence-corrected chi connectivity index (χ0v) is 20.4. The first kappa shape index (κ1) is 25.1. The molecule has 5 nitrogen and oxygen atoms in total. The van der Waals surface area contributed by atoms with Crippen LogP contribution in [0.5, 0.6) is 5.75 Å². The fourth-order valence-corrected chi connectivity index (χ4v) is 4.19. The quantitative estimate of drug-likeness (QED) is 0.278. The number of anilines is 1. The summed E-state index contributed by atoms with van der Waals surface area (Å²) in [7, 11) is 1.63. The van der Waals surface area contributed by atoms with E-state index in [4.69, 9.17) is 4.74 Å². The second-order valence-electron chi connectivity index (χ2n) is 8.77. The van der Waals surface area contributed by atoms with Gasteiger partial charge < -0.3 is 15.0 Å². The van der Waals surface area contributed by atoms with E-state index in [0.29, 0.717) is 13.0 Å². The zero-order chi connectivity index (χ0) is 25.5. The molecule has 1 unspecified atom stereocenters. The topological polar surface area (TPSA) is 54.5 Å². The Morgan fingerprint density at radius 1 is 1.06 bits per heavy atom. The number of halogens is 2. The number of pyridine rings is 1. The Labute approximate surface area is 209 Å². The summed E-state index contributed by atoms with van der Waals surface area (Å²) in [5, 5.41) is 4.49. The van der Waals surface area contributed by atoms with Gasteiger partial charge in [0.1, 0.15) is 17.4 Å².